The minimum absolute atomic E-state index is 0.271. The summed E-state index contributed by atoms with van der Waals surface area (Å²) in [5.74, 6) is 0.312. The van der Waals surface area contributed by atoms with Crippen LogP contribution in [0.2, 0.25) is 0 Å². The third kappa shape index (κ3) is 4.67. The molecule has 0 unspecified atom stereocenters. The van der Waals surface area contributed by atoms with E-state index in [4.69, 9.17) is 5.73 Å². The SMILES string of the molecule is C=C(C)NC(N)=S.O=C1CCCc2ccccc21. The van der Waals surface area contributed by atoms with E-state index in [2.05, 4.69) is 24.1 Å². The molecule has 1 aromatic carbocycles. The number of benzene rings is 1. The van der Waals surface area contributed by atoms with Crippen molar-refractivity contribution in [2.45, 2.75) is 26.2 Å². The normalized spacial score (nSPS) is 12.8. The van der Waals surface area contributed by atoms with Gasteiger partial charge in [0.1, 0.15) is 0 Å². The number of Topliss-reactive ketones (excluding diaryl/α,β-unsaturated/α-hetero) is 1. The highest BCUT2D eigenvalue weighted by Crippen LogP contribution is 2.19. The lowest BCUT2D eigenvalue weighted by Gasteiger charge is -2.12. The number of nitrogens with two attached hydrogens (primary N) is 1. The van der Waals surface area contributed by atoms with Gasteiger partial charge < -0.3 is 11.1 Å². The summed E-state index contributed by atoms with van der Waals surface area (Å²) in [6.07, 6.45) is 2.83. The Morgan fingerprint density at radius 3 is 2.56 bits per heavy atom. The van der Waals surface area contributed by atoms with E-state index in [0.717, 1.165) is 30.5 Å². The Kier molecular flexibility index (Phi) is 5.52. The molecule has 0 saturated heterocycles. The van der Waals surface area contributed by atoms with Gasteiger partial charge in [-0.15, -0.1) is 0 Å². The fourth-order valence-electron chi connectivity index (χ4n) is 1.79. The molecule has 2 rings (SSSR count). The number of allylic oxidation sites excluding steroid dienone is 1. The Morgan fingerprint density at radius 2 is 2.06 bits per heavy atom. The van der Waals surface area contributed by atoms with E-state index in [-0.39, 0.29) is 5.11 Å². The van der Waals surface area contributed by atoms with Crippen molar-refractivity contribution in [2.75, 3.05) is 0 Å². The molecule has 0 atom stereocenters. The Morgan fingerprint density at radius 1 is 1.39 bits per heavy atom. The van der Waals surface area contributed by atoms with Gasteiger partial charge in [-0.2, -0.15) is 0 Å². The van der Waals surface area contributed by atoms with Crippen LogP contribution in [0, 0.1) is 0 Å². The highest BCUT2D eigenvalue weighted by Gasteiger charge is 2.14. The van der Waals surface area contributed by atoms with Crippen molar-refractivity contribution in [3.63, 3.8) is 0 Å². The lowest BCUT2D eigenvalue weighted by molar-refractivity contribution is 0.0972. The van der Waals surface area contributed by atoms with Crippen LogP contribution in [0.5, 0.6) is 0 Å². The molecule has 0 amide bonds. The third-order valence-corrected chi connectivity index (χ3v) is 2.61. The fraction of sp³-hybridized carbons (Fsp3) is 0.286. The van der Waals surface area contributed by atoms with Crippen LogP contribution in [-0.2, 0) is 6.42 Å². The smallest absolute Gasteiger partial charge is 0.167 e. The first kappa shape index (κ1) is 14.4. The monoisotopic (exact) mass is 262 g/mol. The number of thiocarbonyl (C=S) groups is 1. The molecule has 0 spiro atoms. The maximum Gasteiger partial charge on any atom is 0.167 e. The van der Waals surface area contributed by atoms with Crippen LogP contribution in [0.15, 0.2) is 36.5 Å². The molecular formula is C14H18N2OS. The average Bonchev–Trinajstić information content (AvgIpc) is 2.29. The first-order valence-corrected chi connectivity index (χ1v) is 6.24. The second-order valence-corrected chi connectivity index (χ2v) is 4.64. The Bertz CT molecular complexity index is 457. The molecule has 3 nitrogen and oxygen atoms in total. The van der Waals surface area contributed by atoms with Crippen LogP contribution >= 0.6 is 12.2 Å². The standard InChI is InChI=1S/C10H10O.C4H8N2S/c11-10-7-3-5-8-4-1-2-6-9(8)10;1-3(2)6-4(5)7/h1-2,4,6H,3,5,7H2;1H2,2H3,(H3,5,6,7). The van der Waals surface area contributed by atoms with E-state index < -0.39 is 0 Å². The van der Waals surface area contributed by atoms with Crippen LogP contribution in [0.3, 0.4) is 0 Å². The molecular weight excluding hydrogens is 244 g/mol. The van der Waals surface area contributed by atoms with Crippen LogP contribution < -0.4 is 11.1 Å². The van der Waals surface area contributed by atoms with Crippen molar-refractivity contribution in [2.24, 2.45) is 5.73 Å². The summed E-state index contributed by atoms with van der Waals surface area (Å²) in [5.41, 5.74) is 7.99. The predicted octanol–water partition coefficient (Wildman–Crippen LogP) is 2.56. The average molecular weight is 262 g/mol. The van der Waals surface area contributed by atoms with E-state index in [0.29, 0.717) is 5.78 Å². The Hall–Kier alpha value is -1.68. The Labute approximate surface area is 113 Å². The molecule has 3 N–H and O–H groups in total. The maximum absolute atomic E-state index is 11.3. The number of aryl methyl sites for hydroxylation is 1. The molecule has 1 aliphatic rings. The van der Waals surface area contributed by atoms with Gasteiger partial charge in [-0.3, -0.25) is 4.79 Å². The summed E-state index contributed by atoms with van der Waals surface area (Å²) in [7, 11) is 0. The van der Waals surface area contributed by atoms with Crippen molar-refractivity contribution < 1.29 is 4.79 Å². The molecule has 4 heteroatoms. The molecule has 0 saturated carbocycles. The predicted molar refractivity (Wildman–Crippen MR) is 78.4 cm³/mol. The minimum Gasteiger partial charge on any atom is -0.376 e. The topological polar surface area (TPSA) is 55.1 Å². The van der Waals surface area contributed by atoms with Crippen molar-refractivity contribution in [1.82, 2.24) is 5.32 Å². The van der Waals surface area contributed by atoms with Gasteiger partial charge in [0, 0.05) is 17.7 Å². The largest absolute Gasteiger partial charge is 0.376 e. The van der Waals surface area contributed by atoms with E-state index in [9.17, 15) is 4.79 Å². The van der Waals surface area contributed by atoms with Crippen molar-refractivity contribution in [3.05, 3.63) is 47.7 Å². The van der Waals surface area contributed by atoms with Gasteiger partial charge in [0.2, 0.25) is 0 Å². The number of ketones is 1. The number of hydrogen-bond acceptors (Lipinski definition) is 2. The summed E-state index contributed by atoms with van der Waals surface area (Å²) in [5, 5.41) is 2.89. The quantitative estimate of drug-likeness (QED) is 0.764. The zero-order valence-corrected chi connectivity index (χ0v) is 11.3. The number of carbonyl (C=O) groups is 1. The second kappa shape index (κ2) is 6.91. The fourth-order valence-corrected chi connectivity index (χ4v) is 1.97. The Balaban J connectivity index is 0.000000203. The van der Waals surface area contributed by atoms with E-state index >= 15 is 0 Å². The van der Waals surface area contributed by atoms with Gasteiger partial charge in [0.05, 0.1) is 0 Å². The number of nitrogens with one attached hydrogen (secondary N) is 1. The molecule has 0 heterocycles. The van der Waals surface area contributed by atoms with Gasteiger partial charge in [0.25, 0.3) is 0 Å². The minimum atomic E-state index is 0.271. The molecule has 0 aromatic heterocycles. The zero-order chi connectivity index (χ0) is 13.5. The first-order chi connectivity index (χ1) is 8.50. The molecule has 18 heavy (non-hydrogen) atoms. The lowest BCUT2D eigenvalue weighted by atomic mass is 9.91. The molecule has 0 fully saturated rings. The molecule has 1 aromatic rings. The highest BCUT2D eigenvalue weighted by atomic mass is 32.1. The molecule has 0 bridgehead atoms. The van der Waals surface area contributed by atoms with Crippen LogP contribution in [0.25, 0.3) is 0 Å². The summed E-state index contributed by atoms with van der Waals surface area (Å²) in [4.78, 5) is 11.3. The summed E-state index contributed by atoms with van der Waals surface area (Å²) >= 11 is 4.48. The second-order valence-electron chi connectivity index (χ2n) is 4.20. The van der Waals surface area contributed by atoms with Gasteiger partial charge in [-0.1, -0.05) is 30.8 Å². The lowest BCUT2D eigenvalue weighted by Crippen LogP contribution is -2.26. The van der Waals surface area contributed by atoms with E-state index in [1.807, 2.05) is 24.3 Å². The highest BCUT2D eigenvalue weighted by molar-refractivity contribution is 7.80. The number of carbonyl (C=O) groups excluding carboxylic acids is 1. The summed E-state index contributed by atoms with van der Waals surface area (Å²) in [6.45, 7) is 5.31. The number of fused-ring (bicyclic) bond motifs is 1. The van der Waals surface area contributed by atoms with Gasteiger partial charge >= 0.3 is 0 Å². The van der Waals surface area contributed by atoms with E-state index in [1.165, 1.54) is 5.56 Å². The maximum atomic E-state index is 11.3. The van der Waals surface area contributed by atoms with Gasteiger partial charge in [0.15, 0.2) is 10.9 Å². The van der Waals surface area contributed by atoms with Gasteiger partial charge in [-0.05, 0) is 37.5 Å². The van der Waals surface area contributed by atoms with Crippen molar-refractivity contribution >= 4 is 23.1 Å². The van der Waals surface area contributed by atoms with E-state index in [1.54, 1.807) is 6.92 Å². The summed E-state index contributed by atoms with van der Waals surface area (Å²) in [6, 6.07) is 7.91. The first-order valence-electron chi connectivity index (χ1n) is 5.83. The molecule has 0 radical (unpaired) electrons. The van der Waals surface area contributed by atoms with Crippen LogP contribution in [0.1, 0.15) is 35.7 Å². The number of hydrogen-bond donors (Lipinski definition) is 2. The van der Waals surface area contributed by atoms with Gasteiger partial charge in [-0.25, -0.2) is 0 Å². The van der Waals surface area contributed by atoms with Crippen LogP contribution in [0.4, 0.5) is 0 Å². The van der Waals surface area contributed by atoms with Crippen molar-refractivity contribution in [1.29, 1.82) is 0 Å². The molecule has 1 aliphatic carbocycles. The van der Waals surface area contributed by atoms with Crippen molar-refractivity contribution in [3.8, 4) is 0 Å². The zero-order valence-electron chi connectivity index (χ0n) is 10.5. The number of rotatable bonds is 1. The third-order valence-electron chi connectivity index (χ3n) is 2.50. The summed E-state index contributed by atoms with van der Waals surface area (Å²) < 4.78 is 0. The molecule has 0 aliphatic heterocycles. The molecule has 96 valence electrons. The van der Waals surface area contributed by atoms with Crippen LogP contribution in [-0.4, -0.2) is 10.9 Å².